The lowest BCUT2D eigenvalue weighted by Gasteiger charge is -2.31. The van der Waals surface area contributed by atoms with Crippen molar-refractivity contribution in [1.29, 1.82) is 0 Å². The van der Waals surface area contributed by atoms with Gasteiger partial charge in [0.25, 0.3) is 5.91 Å². The van der Waals surface area contributed by atoms with E-state index in [1.54, 1.807) is 0 Å². The Bertz CT molecular complexity index is 769. The minimum absolute atomic E-state index is 0.0246. The third-order valence-corrected chi connectivity index (χ3v) is 3.74. The Labute approximate surface area is 128 Å². The number of imidazole rings is 1. The normalized spacial score (nSPS) is 14.7. The first kappa shape index (κ1) is 15.3. The number of aromatic nitrogens is 2. The molecule has 9 heteroatoms. The number of alkyl halides is 3. The number of amides is 1. The molecule has 1 aliphatic heterocycles. The van der Waals surface area contributed by atoms with Crippen molar-refractivity contribution in [2.45, 2.75) is 19.3 Å². The van der Waals surface area contributed by atoms with Gasteiger partial charge in [-0.3, -0.25) is 4.79 Å². The summed E-state index contributed by atoms with van der Waals surface area (Å²) in [5, 5.41) is 0. The van der Waals surface area contributed by atoms with Crippen molar-refractivity contribution in [3.8, 4) is 0 Å². The zero-order chi connectivity index (χ0) is 16.8. The van der Waals surface area contributed by atoms with Crippen LogP contribution in [0.2, 0.25) is 0 Å². The number of rotatable bonds is 2. The molecular weight excluding hydrogens is 316 g/mol. The Balaban J connectivity index is 2.02. The van der Waals surface area contributed by atoms with Gasteiger partial charge in [0.1, 0.15) is 5.82 Å². The molecule has 1 aromatic carbocycles. The van der Waals surface area contributed by atoms with E-state index >= 15 is 0 Å². The number of benzene rings is 1. The first-order valence-corrected chi connectivity index (χ1v) is 6.73. The molecule has 122 valence electrons. The number of nitrogens with two attached hydrogens (primary N) is 1. The zero-order valence-corrected chi connectivity index (χ0v) is 11.8. The number of halogens is 4. The van der Waals surface area contributed by atoms with Gasteiger partial charge in [0.15, 0.2) is 5.69 Å². The maximum absolute atomic E-state index is 13.8. The number of carbonyl (C=O) groups is 1. The Morgan fingerprint density at radius 2 is 2.00 bits per heavy atom. The van der Waals surface area contributed by atoms with Gasteiger partial charge >= 0.3 is 6.18 Å². The fourth-order valence-electron chi connectivity index (χ4n) is 2.72. The van der Waals surface area contributed by atoms with E-state index in [2.05, 4.69) is 4.98 Å². The molecule has 1 amide bonds. The third kappa shape index (κ3) is 2.62. The van der Waals surface area contributed by atoms with Gasteiger partial charge in [-0.1, -0.05) is 6.07 Å². The molecule has 0 saturated carbocycles. The van der Waals surface area contributed by atoms with Gasteiger partial charge in [0, 0.05) is 13.1 Å². The van der Waals surface area contributed by atoms with Gasteiger partial charge in [-0.2, -0.15) is 13.2 Å². The second-order valence-corrected chi connectivity index (χ2v) is 5.15. The molecule has 0 fully saturated rings. The highest BCUT2D eigenvalue weighted by atomic mass is 19.4. The van der Waals surface area contributed by atoms with E-state index in [0.717, 1.165) is 12.4 Å². The summed E-state index contributed by atoms with van der Waals surface area (Å²) in [5.74, 6) is -1.77. The average molecular weight is 328 g/mol. The van der Waals surface area contributed by atoms with Crippen LogP contribution in [0.5, 0.6) is 0 Å². The van der Waals surface area contributed by atoms with Crippen LogP contribution in [-0.4, -0.2) is 22.0 Å². The van der Waals surface area contributed by atoms with Crippen molar-refractivity contribution < 1.29 is 22.4 Å². The van der Waals surface area contributed by atoms with Crippen LogP contribution in [0.15, 0.2) is 24.5 Å². The molecule has 0 radical (unpaired) electrons. The van der Waals surface area contributed by atoms with Crippen LogP contribution in [0.1, 0.15) is 21.7 Å². The summed E-state index contributed by atoms with van der Waals surface area (Å²) < 4.78 is 54.2. The second kappa shape index (κ2) is 5.25. The molecule has 0 aliphatic carbocycles. The largest absolute Gasteiger partial charge is 0.435 e. The highest BCUT2D eigenvalue weighted by molar-refractivity contribution is 5.99. The second-order valence-electron chi connectivity index (χ2n) is 5.15. The van der Waals surface area contributed by atoms with Crippen molar-refractivity contribution in [3.63, 3.8) is 0 Å². The summed E-state index contributed by atoms with van der Waals surface area (Å²) in [6.45, 7) is 0.413. The summed E-state index contributed by atoms with van der Waals surface area (Å²) in [7, 11) is 0. The van der Waals surface area contributed by atoms with E-state index in [-0.39, 0.29) is 30.0 Å². The fraction of sp³-hybridized carbons (Fsp3) is 0.286. The molecule has 0 atom stereocenters. The standard InChI is InChI=1S/C14H12F4N4O/c15-8-2-1-3-9(11(8)13(19)23)21-4-5-22-7-20-12(10(22)6-21)14(16,17)18/h1-3,7H,4-6H2,(H2,19,23). The molecule has 3 rings (SSSR count). The Morgan fingerprint density at radius 3 is 2.65 bits per heavy atom. The quantitative estimate of drug-likeness (QED) is 0.859. The number of nitrogens with zero attached hydrogens (tertiary/aromatic N) is 3. The minimum Gasteiger partial charge on any atom is -0.365 e. The molecule has 2 heterocycles. The summed E-state index contributed by atoms with van der Waals surface area (Å²) in [4.78, 5) is 16.4. The van der Waals surface area contributed by atoms with Crippen LogP contribution < -0.4 is 10.6 Å². The third-order valence-electron chi connectivity index (χ3n) is 3.74. The minimum atomic E-state index is -4.57. The van der Waals surface area contributed by atoms with Gasteiger partial charge < -0.3 is 15.2 Å². The molecule has 5 nitrogen and oxygen atoms in total. The number of primary amides is 1. The van der Waals surface area contributed by atoms with Gasteiger partial charge in [0.2, 0.25) is 0 Å². The van der Waals surface area contributed by atoms with Crippen LogP contribution in [0, 0.1) is 5.82 Å². The van der Waals surface area contributed by atoms with Crippen molar-refractivity contribution in [3.05, 3.63) is 47.3 Å². The van der Waals surface area contributed by atoms with Gasteiger partial charge in [0.05, 0.1) is 29.8 Å². The van der Waals surface area contributed by atoms with Gasteiger partial charge in [-0.05, 0) is 12.1 Å². The molecule has 0 bridgehead atoms. The van der Waals surface area contributed by atoms with E-state index in [4.69, 9.17) is 5.73 Å². The highest BCUT2D eigenvalue weighted by Crippen LogP contribution is 2.34. The molecule has 2 aromatic rings. The molecular formula is C14H12F4N4O. The molecule has 1 aliphatic rings. The summed E-state index contributed by atoms with van der Waals surface area (Å²) >= 11 is 0. The molecule has 0 spiro atoms. The SMILES string of the molecule is NC(=O)c1c(F)cccc1N1CCn2cnc(C(F)(F)F)c2C1. The lowest BCUT2D eigenvalue weighted by Crippen LogP contribution is -2.36. The van der Waals surface area contributed by atoms with E-state index in [1.807, 2.05) is 0 Å². The first-order valence-electron chi connectivity index (χ1n) is 6.73. The predicted molar refractivity (Wildman–Crippen MR) is 73.2 cm³/mol. The van der Waals surface area contributed by atoms with E-state index < -0.39 is 23.6 Å². The lowest BCUT2D eigenvalue weighted by atomic mass is 10.1. The van der Waals surface area contributed by atoms with E-state index in [0.29, 0.717) is 6.54 Å². The van der Waals surface area contributed by atoms with Crippen molar-refractivity contribution in [2.75, 3.05) is 11.4 Å². The van der Waals surface area contributed by atoms with E-state index in [9.17, 15) is 22.4 Å². The Hall–Kier alpha value is -2.58. The first-order chi connectivity index (χ1) is 10.8. The predicted octanol–water partition coefficient (Wildman–Crippen LogP) is 2.16. The molecule has 0 saturated heterocycles. The number of hydrogen-bond donors (Lipinski definition) is 1. The number of carbonyl (C=O) groups excluding carboxylic acids is 1. The van der Waals surface area contributed by atoms with Gasteiger partial charge in [-0.25, -0.2) is 9.37 Å². The number of fused-ring (bicyclic) bond motifs is 1. The molecule has 1 aromatic heterocycles. The van der Waals surface area contributed by atoms with Crippen LogP contribution >= 0.6 is 0 Å². The van der Waals surface area contributed by atoms with Crippen LogP contribution in [0.3, 0.4) is 0 Å². The summed E-state index contributed by atoms with van der Waals surface area (Å²) in [6, 6.07) is 3.93. The van der Waals surface area contributed by atoms with Gasteiger partial charge in [-0.15, -0.1) is 0 Å². The van der Waals surface area contributed by atoms with Crippen molar-refractivity contribution in [1.82, 2.24) is 9.55 Å². The number of anilines is 1. The van der Waals surface area contributed by atoms with Crippen molar-refractivity contribution >= 4 is 11.6 Å². The van der Waals surface area contributed by atoms with Crippen LogP contribution in [0.4, 0.5) is 23.2 Å². The van der Waals surface area contributed by atoms with Crippen LogP contribution in [0.25, 0.3) is 0 Å². The smallest absolute Gasteiger partial charge is 0.365 e. The van der Waals surface area contributed by atoms with Crippen LogP contribution in [-0.2, 0) is 19.3 Å². The highest BCUT2D eigenvalue weighted by Gasteiger charge is 2.39. The Kier molecular flexibility index (Phi) is 3.50. The monoisotopic (exact) mass is 328 g/mol. The average Bonchev–Trinajstić information content (AvgIpc) is 2.89. The molecule has 0 unspecified atom stereocenters. The lowest BCUT2D eigenvalue weighted by molar-refractivity contribution is -0.141. The fourth-order valence-corrected chi connectivity index (χ4v) is 2.72. The van der Waals surface area contributed by atoms with E-state index in [1.165, 1.54) is 21.6 Å². The Morgan fingerprint density at radius 1 is 1.26 bits per heavy atom. The zero-order valence-electron chi connectivity index (χ0n) is 11.8. The maximum Gasteiger partial charge on any atom is 0.435 e. The maximum atomic E-state index is 13.8. The topological polar surface area (TPSA) is 64.2 Å². The summed E-state index contributed by atoms with van der Waals surface area (Å²) in [5.41, 5.74) is 4.05. The summed E-state index contributed by atoms with van der Waals surface area (Å²) in [6.07, 6.45) is -3.44. The number of hydrogen-bond acceptors (Lipinski definition) is 3. The molecule has 2 N–H and O–H groups in total. The molecule has 23 heavy (non-hydrogen) atoms. The van der Waals surface area contributed by atoms with Crippen molar-refractivity contribution in [2.24, 2.45) is 5.73 Å².